The topological polar surface area (TPSA) is 45.1 Å². The number of benzene rings is 1. The van der Waals surface area contributed by atoms with E-state index >= 15 is 0 Å². The SMILES string of the molecule is CC(C)(C)OC(=O)N1CCC(N2CCN=C2c2ccccc2)CC1. The van der Waals surface area contributed by atoms with Crippen molar-refractivity contribution in [3.8, 4) is 0 Å². The molecule has 0 spiro atoms. The summed E-state index contributed by atoms with van der Waals surface area (Å²) in [6, 6.07) is 10.8. The predicted octanol–water partition coefficient (Wildman–Crippen LogP) is 3.15. The van der Waals surface area contributed by atoms with Crippen LogP contribution in [0.1, 0.15) is 39.2 Å². The summed E-state index contributed by atoms with van der Waals surface area (Å²) >= 11 is 0. The van der Waals surface area contributed by atoms with Crippen molar-refractivity contribution in [2.45, 2.75) is 45.3 Å². The van der Waals surface area contributed by atoms with Crippen LogP contribution in [0.5, 0.6) is 0 Å². The lowest BCUT2D eigenvalue weighted by Crippen LogP contribution is -2.49. The van der Waals surface area contributed by atoms with Crippen LogP contribution in [0.15, 0.2) is 35.3 Å². The summed E-state index contributed by atoms with van der Waals surface area (Å²) in [7, 11) is 0. The first kappa shape index (κ1) is 16.8. The first-order valence-corrected chi connectivity index (χ1v) is 8.78. The number of piperidine rings is 1. The standard InChI is InChI=1S/C19H27N3O2/c1-19(2,3)24-18(23)21-12-9-16(10-13-21)22-14-11-20-17(22)15-7-5-4-6-8-15/h4-8,16H,9-14H2,1-3H3. The average Bonchev–Trinajstić information content (AvgIpc) is 3.04. The first-order valence-electron chi connectivity index (χ1n) is 8.78. The first-order chi connectivity index (χ1) is 11.4. The fourth-order valence-corrected chi connectivity index (χ4v) is 3.35. The van der Waals surface area contributed by atoms with Gasteiger partial charge in [0.05, 0.1) is 6.54 Å². The highest BCUT2D eigenvalue weighted by atomic mass is 16.6. The number of carbonyl (C=O) groups is 1. The van der Waals surface area contributed by atoms with E-state index in [4.69, 9.17) is 9.73 Å². The molecule has 0 aliphatic carbocycles. The summed E-state index contributed by atoms with van der Waals surface area (Å²) in [6.45, 7) is 9.05. The molecule has 0 radical (unpaired) electrons. The van der Waals surface area contributed by atoms with Crippen molar-refractivity contribution in [2.24, 2.45) is 4.99 Å². The van der Waals surface area contributed by atoms with Gasteiger partial charge >= 0.3 is 6.09 Å². The molecule has 0 bridgehead atoms. The van der Waals surface area contributed by atoms with Crippen molar-refractivity contribution in [3.05, 3.63) is 35.9 Å². The molecule has 5 heteroatoms. The Kier molecular flexibility index (Phi) is 4.78. The smallest absolute Gasteiger partial charge is 0.410 e. The van der Waals surface area contributed by atoms with Crippen LogP contribution in [0, 0.1) is 0 Å². The highest BCUT2D eigenvalue weighted by molar-refractivity contribution is 5.99. The van der Waals surface area contributed by atoms with Crippen molar-refractivity contribution >= 4 is 11.9 Å². The zero-order valence-electron chi connectivity index (χ0n) is 14.9. The molecule has 0 aromatic heterocycles. The van der Waals surface area contributed by atoms with Gasteiger partial charge < -0.3 is 14.5 Å². The van der Waals surface area contributed by atoms with E-state index in [1.165, 1.54) is 5.56 Å². The van der Waals surface area contributed by atoms with Crippen LogP contribution in [0.3, 0.4) is 0 Å². The van der Waals surface area contributed by atoms with Crippen LogP contribution in [-0.4, -0.2) is 59.6 Å². The third-order valence-corrected chi connectivity index (χ3v) is 4.46. The van der Waals surface area contributed by atoms with E-state index < -0.39 is 5.60 Å². The molecule has 1 amide bonds. The zero-order valence-corrected chi connectivity index (χ0v) is 14.9. The molecule has 0 atom stereocenters. The number of ether oxygens (including phenoxy) is 1. The Morgan fingerprint density at radius 2 is 1.79 bits per heavy atom. The molecule has 0 N–H and O–H groups in total. The second-order valence-corrected chi connectivity index (χ2v) is 7.46. The monoisotopic (exact) mass is 329 g/mol. The molecule has 3 rings (SSSR count). The minimum atomic E-state index is -0.435. The summed E-state index contributed by atoms with van der Waals surface area (Å²) in [6.07, 6.45) is 1.73. The zero-order chi connectivity index (χ0) is 17.2. The van der Waals surface area contributed by atoms with Gasteiger partial charge in [-0.05, 0) is 33.6 Å². The Labute approximate surface area is 144 Å². The number of aliphatic imine (C=N–C) groups is 1. The van der Waals surface area contributed by atoms with Gasteiger partial charge in [0.2, 0.25) is 0 Å². The van der Waals surface area contributed by atoms with Crippen LogP contribution in [0.2, 0.25) is 0 Å². The molecule has 1 fully saturated rings. The number of hydrogen-bond donors (Lipinski definition) is 0. The van der Waals surface area contributed by atoms with E-state index in [0.29, 0.717) is 6.04 Å². The maximum Gasteiger partial charge on any atom is 0.410 e. The number of rotatable bonds is 2. The highest BCUT2D eigenvalue weighted by Gasteiger charge is 2.32. The Morgan fingerprint density at radius 3 is 2.42 bits per heavy atom. The second kappa shape index (κ2) is 6.83. The number of carbonyl (C=O) groups excluding carboxylic acids is 1. The summed E-state index contributed by atoms with van der Waals surface area (Å²) in [5.41, 5.74) is 0.750. The Bertz CT molecular complexity index is 599. The third kappa shape index (κ3) is 3.89. The normalized spacial score (nSPS) is 19.4. The lowest BCUT2D eigenvalue weighted by Gasteiger charge is -2.38. The Balaban J connectivity index is 1.59. The van der Waals surface area contributed by atoms with Gasteiger partial charge in [0.25, 0.3) is 0 Å². The van der Waals surface area contributed by atoms with E-state index in [1.54, 1.807) is 0 Å². The summed E-state index contributed by atoms with van der Waals surface area (Å²) in [4.78, 5) is 21.1. The molecule has 0 saturated carbocycles. The van der Waals surface area contributed by atoms with Gasteiger partial charge in [-0.2, -0.15) is 0 Å². The number of amides is 1. The van der Waals surface area contributed by atoms with Crippen molar-refractivity contribution in [1.29, 1.82) is 0 Å². The molecule has 2 aliphatic rings. The summed E-state index contributed by atoms with van der Waals surface area (Å²) in [5, 5.41) is 0. The maximum absolute atomic E-state index is 12.2. The van der Waals surface area contributed by atoms with Gasteiger partial charge in [-0.3, -0.25) is 4.99 Å². The molecule has 2 heterocycles. The van der Waals surface area contributed by atoms with E-state index in [0.717, 1.165) is 44.9 Å². The number of hydrogen-bond acceptors (Lipinski definition) is 4. The fourth-order valence-electron chi connectivity index (χ4n) is 3.35. The van der Waals surface area contributed by atoms with Gasteiger partial charge in [-0.15, -0.1) is 0 Å². The highest BCUT2D eigenvalue weighted by Crippen LogP contribution is 2.23. The van der Waals surface area contributed by atoms with Gasteiger partial charge in [-0.1, -0.05) is 30.3 Å². The molecule has 2 aliphatic heterocycles. The number of amidine groups is 1. The van der Waals surface area contributed by atoms with Crippen molar-refractivity contribution in [1.82, 2.24) is 9.80 Å². The lowest BCUT2D eigenvalue weighted by molar-refractivity contribution is 0.0176. The Hall–Kier alpha value is -2.04. The van der Waals surface area contributed by atoms with E-state index in [-0.39, 0.29) is 6.09 Å². The van der Waals surface area contributed by atoms with Crippen LogP contribution >= 0.6 is 0 Å². The molecule has 1 aromatic carbocycles. The molecule has 5 nitrogen and oxygen atoms in total. The molecule has 24 heavy (non-hydrogen) atoms. The third-order valence-electron chi connectivity index (χ3n) is 4.46. The predicted molar refractivity (Wildman–Crippen MR) is 95.4 cm³/mol. The van der Waals surface area contributed by atoms with E-state index in [9.17, 15) is 4.79 Å². The van der Waals surface area contributed by atoms with Crippen molar-refractivity contribution in [3.63, 3.8) is 0 Å². The van der Waals surface area contributed by atoms with Crippen LogP contribution in [0.4, 0.5) is 4.79 Å². The van der Waals surface area contributed by atoms with Crippen molar-refractivity contribution < 1.29 is 9.53 Å². The lowest BCUT2D eigenvalue weighted by atomic mass is 10.0. The van der Waals surface area contributed by atoms with E-state index in [1.807, 2.05) is 31.7 Å². The van der Waals surface area contributed by atoms with Crippen LogP contribution in [-0.2, 0) is 4.74 Å². The fraction of sp³-hybridized carbons (Fsp3) is 0.579. The second-order valence-electron chi connectivity index (χ2n) is 7.46. The molecule has 0 unspecified atom stereocenters. The number of likely N-dealkylation sites (tertiary alicyclic amines) is 1. The minimum Gasteiger partial charge on any atom is -0.444 e. The summed E-state index contributed by atoms with van der Waals surface area (Å²) in [5.74, 6) is 1.10. The van der Waals surface area contributed by atoms with Gasteiger partial charge in [0.1, 0.15) is 11.4 Å². The average molecular weight is 329 g/mol. The molecular formula is C19H27N3O2. The Morgan fingerprint density at radius 1 is 1.12 bits per heavy atom. The van der Waals surface area contributed by atoms with Gasteiger partial charge in [0.15, 0.2) is 0 Å². The summed E-state index contributed by atoms with van der Waals surface area (Å²) < 4.78 is 5.48. The van der Waals surface area contributed by atoms with E-state index in [2.05, 4.69) is 29.2 Å². The van der Waals surface area contributed by atoms with Gasteiger partial charge in [0, 0.05) is 31.2 Å². The van der Waals surface area contributed by atoms with Crippen LogP contribution < -0.4 is 0 Å². The maximum atomic E-state index is 12.2. The number of nitrogens with zero attached hydrogens (tertiary/aromatic N) is 3. The molecule has 130 valence electrons. The van der Waals surface area contributed by atoms with Crippen LogP contribution in [0.25, 0.3) is 0 Å². The van der Waals surface area contributed by atoms with Gasteiger partial charge in [-0.25, -0.2) is 4.79 Å². The van der Waals surface area contributed by atoms with Crippen molar-refractivity contribution in [2.75, 3.05) is 26.2 Å². The minimum absolute atomic E-state index is 0.195. The molecule has 1 saturated heterocycles. The largest absolute Gasteiger partial charge is 0.444 e. The molecule has 1 aromatic rings. The quantitative estimate of drug-likeness (QED) is 0.837. The molecular weight excluding hydrogens is 302 g/mol.